The molecule has 0 unspecified atom stereocenters. The van der Waals surface area contributed by atoms with Crippen LogP contribution in [-0.4, -0.2) is 54.4 Å². The minimum Gasteiger partial charge on any atom is -0.504 e. The molecule has 0 aromatic heterocycles. The van der Waals surface area contributed by atoms with E-state index >= 15 is 0 Å². The summed E-state index contributed by atoms with van der Waals surface area (Å²) in [5, 5.41) is 13.0. The molecular weight excluding hydrogens is 380 g/mol. The Kier molecular flexibility index (Phi) is 6.25. The monoisotopic (exact) mass is 410 g/mol. The Bertz CT molecular complexity index is 863. The quantitative estimate of drug-likeness (QED) is 0.764. The predicted octanol–water partition coefficient (Wildman–Crippen LogP) is 3.34. The number of benzene rings is 2. The van der Waals surface area contributed by atoms with Gasteiger partial charge in [-0.3, -0.25) is 9.69 Å². The van der Waals surface area contributed by atoms with Crippen LogP contribution < -0.4 is 10.1 Å². The van der Waals surface area contributed by atoms with Crippen LogP contribution in [0.2, 0.25) is 0 Å². The van der Waals surface area contributed by atoms with Gasteiger partial charge >= 0.3 is 0 Å². The first-order chi connectivity index (χ1) is 14.6. The number of rotatable bonds is 6. The van der Waals surface area contributed by atoms with Crippen molar-refractivity contribution in [3.63, 3.8) is 0 Å². The van der Waals surface area contributed by atoms with Crippen LogP contribution in [0.4, 0.5) is 0 Å². The van der Waals surface area contributed by atoms with Gasteiger partial charge in [-0.25, -0.2) is 0 Å². The minimum absolute atomic E-state index is 0.0438. The van der Waals surface area contributed by atoms with Crippen LogP contribution in [0.25, 0.3) is 0 Å². The first-order valence-electron chi connectivity index (χ1n) is 10.7. The summed E-state index contributed by atoms with van der Waals surface area (Å²) >= 11 is 0. The Labute approximate surface area is 177 Å². The predicted molar refractivity (Wildman–Crippen MR) is 115 cm³/mol. The molecule has 6 nitrogen and oxygen atoms in total. The minimum atomic E-state index is -0.0549. The number of hydrogen-bond donors (Lipinski definition) is 2. The lowest BCUT2D eigenvalue weighted by molar-refractivity contribution is -0.0764. The second kappa shape index (κ2) is 9.06. The molecule has 2 saturated heterocycles. The number of nitrogens with zero attached hydrogens (tertiary/aromatic N) is 1. The zero-order valence-electron chi connectivity index (χ0n) is 17.5. The maximum absolute atomic E-state index is 12.3. The smallest absolute Gasteiger partial charge is 0.251 e. The summed E-state index contributed by atoms with van der Waals surface area (Å²) in [6.07, 6.45) is 4.12. The van der Waals surface area contributed by atoms with Gasteiger partial charge in [0.15, 0.2) is 11.5 Å². The summed E-state index contributed by atoms with van der Waals surface area (Å²) in [6.45, 7) is 3.31. The highest BCUT2D eigenvalue weighted by atomic mass is 16.5. The number of ether oxygens (including phenoxy) is 2. The average molecular weight is 411 g/mol. The van der Waals surface area contributed by atoms with Crippen molar-refractivity contribution < 1.29 is 19.4 Å². The van der Waals surface area contributed by atoms with Gasteiger partial charge in [-0.1, -0.05) is 24.3 Å². The molecule has 2 N–H and O–H groups in total. The summed E-state index contributed by atoms with van der Waals surface area (Å²) in [5.74, 6) is 0.641. The fraction of sp³-hybridized carbons (Fsp3) is 0.458. The third-order valence-corrected chi connectivity index (χ3v) is 6.28. The molecule has 1 spiro atoms. The zero-order valence-corrected chi connectivity index (χ0v) is 17.5. The number of methoxy groups -OCH3 is 1. The molecule has 2 fully saturated rings. The van der Waals surface area contributed by atoms with E-state index in [-0.39, 0.29) is 23.4 Å². The van der Waals surface area contributed by atoms with Crippen LogP contribution in [-0.2, 0) is 11.3 Å². The number of piperidine rings is 1. The van der Waals surface area contributed by atoms with Crippen LogP contribution in [0.1, 0.15) is 41.6 Å². The molecule has 2 aromatic rings. The molecule has 1 atom stereocenters. The summed E-state index contributed by atoms with van der Waals surface area (Å²) < 4.78 is 11.5. The first-order valence-corrected chi connectivity index (χ1v) is 10.7. The topological polar surface area (TPSA) is 71.0 Å². The largest absolute Gasteiger partial charge is 0.504 e. The lowest BCUT2D eigenvalue weighted by Crippen LogP contribution is -2.44. The van der Waals surface area contributed by atoms with Crippen molar-refractivity contribution >= 4 is 5.91 Å². The van der Waals surface area contributed by atoms with E-state index in [0.717, 1.165) is 50.9 Å². The van der Waals surface area contributed by atoms with E-state index in [4.69, 9.17) is 9.47 Å². The van der Waals surface area contributed by atoms with Crippen molar-refractivity contribution in [1.29, 1.82) is 0 Å². The van der Waals surface area contributed by atoms with E-state index in [2.05, 4.69) is 10.2 Å². The second-order valence-electron chi connectivity index (χ2n) is 8.32. The standard InChI is InChI=1S/C24H30N2O4/c1-29-22-8-7-18(15-21(22)27)17-26-13-11-24(12-14-26)10-9-20(30-24)16-25-23(28)19-5-3-2-4-6-19/h2-8,15,20,27H,9-14,16-17H2,1H3,(H,25,28)/t20-/m0/s1. The number of amides is 1. The van der Waals surface area contributed by atoms with Gasteiger partial charge in [-0.05, 0) is 55.5 Å². The molecule has 6 heteroatoms. The summed E-state index contributed by atoms with van der Waals surface area (Å²) in [6, 6.07) is 14.9. The van der Waals surface area contributed by atoms with Crippen molar-refractivity contribution in [2.75, 3.05) is 26.7 Å². The van der Waals surface area contributed by atoms with E-state index in [1.165, 1.54) is 0 Å². The lowest BCUT2D eigenvalue weighted by atomic mass is 9.88. The number of phenols is 1. The maximum Gasteiger partial charge on any atom is 0.251 e. The molecule has 1 amide bonds. The molecular formula is C24H30N2O4. The van der Waals surface area contributed by atoms with Gasteiger partial charge in [0.25, 0.3) is 5.91 Å². The normalized spacial score (nSPS) is 20.9. The van der Waals surface area contributed by atoms with Gasteiger partial charge in [0, 0.05) is 31.7 Å². The number of phenolic OH excluding ortho intramolecular Hbond substituents is 1. The molecule has 160 valence electrons. The van der Waals surface area contributed by atoms with Gasteiger partial charge in [0.1, 0.15) is 0 Å². The average Bonchev–Trinajstić information content (AvgIpc) is 3.17. The van der Waals surface area contributed by atoms with E-state index in [0.29, 0.717) is 17.9 Å². The van der Waals surface area contributed by atoms with Crippen molar-refractivity contribution in [3.8, 4) is 11.5 Å². The number of carbonyl (C=O) groups is 1. The van der Waals surface area contributed by atoms with Crippen molar-refractivity contribution in [1.82, 2.24) is 10.2 Å². The molecule has 0 aliphatic carbocycles. The highest BCUT2D eigenvalue weighted by Crippen LogP contribution is 2.39. The second-order valence-corrected chi connectivity index (χ2v) is 8.32. The Morgan fingerprint density at radius 1 is 1.20 bits per heavy atom. The first kappa shape index (κ1) is 20.7. The summed E-state index contributed by atoms with van der Waals surface area (Å²) in [4.78, 5) is 14.7. The number of aromatic hydroxyl groups is 1. The van der Waals surface area contributed by atoms with E-state index < -0.39 is 0 Å². The molecule has 30 heavy (non-hydrogen) atoms. The number of nitrogens with one attached hydrogen (secondary N) is 1. The highest BCUT2D eigenvalue weighted by molar-refractivity contribution is 5.94. The number of carbonyl (C=O) groups excluding carboxylic acids is 1. The SMILES string of the molecule is COc1ccc(CN2CCC3(CC[C@@H](CNC(=O)c4ccccc4)O3)CC2)cc1O. The lowest BCUT2D eigenvalue weighted by Gasteiger charge is -2.39. The van der Waals surface area contributed by atoms with Crippen molar-refractivity contribution in [2.45, 2.75) is 43.9 Å². The fourth-order valence-corrected chi connectivity index (χ4v) is 4.52. The Morgan fingerprint density at radius 2 is 1.97 bits per heavy atom. The molecule has 2 aromatic carbocycles. The third kappa shape index (κ3) is 4.77. The van der Waals surface area contributed by atoms with Crippen LogP contribution in [0.5, 0.6) is 11.5 Å². The summed E-state index contributed by atoms with van der Waals surface area (Å²) in [7, 11) is 1.56. The van der Waals surface area contributed by atoms with Gasteiger partial charge in [0.2, 0.25) is 0 Å². The molecule has 4 rings (SSSR count). The van der Waals surface area contributed by atoms with E-state index in [1.54, 1.807) is 13.2 Å². The van der Waals surface area contributed by atoms with Gasteiger partial charge in [-0.15, -0.1) is 0 Å². The summed E-state index contributed by atoms with van der Waals surface area (Å²) in [5.41, 5.74) is 1.71. The fourth-order valence-electron chi connectivity index (χ4n) is 4.52. The molecule has 2 aliphatic rings. The van der Waals surface area contributed by atoms with Gasteiger partial charge in [-0.2, -0.15) is 0 Å². The Hall–Kier alpha value is -2.57. The van der Waals surface area contributed by atoms with Crippen LogP contribution in [0.15, 0.2) is 48.5 Å². The van der Waals surface area contributed by atoms with Crippen LogP contribution in [0, 0.1) is 0 Å². The van der Waals surface area contributed by atoms with Crippen LogP contribution >= 0.6 is 0 Å². The van der Waals surface area contributed by atoms with E-state index in [9.17, 15) is 9.90 Å². The van der Waals surface area contributed by atoms with Gasteiger partial charge < -0.3 is 19.9 Å². The highest BCUT2D eigenvalue weighted by Gasteiger charge is 2.42. The molecule has 2 heterocycles. The van der Waals surface area contributed by atoms with Crippen LogP contribution in [0.3, 0.4) is 0 Å². The van der Waals surface area contributed by atoms with E-state index in [1.807, 2.05) is 42.5 Å². The Morgan fingerprint density at radius 3 is 2.67 bits per heavy atom. The third-order valence-electron chi connectivity index (χ3n) is 6.28. The molecule has 0 radical (unpaired) electrons. The molecule has 2 aliphatic heterocycles. The molecule has 0 saturated carbocycles. The van der Waals surface area contributed by atoms with Crippen molar-refractivity contribution in [3.05, 3.63) is 59.7 Å². The van der Waals surface area contributed by atoms with Gasteiger partial charge in [0.05, 0.1) is 18.8 Å². The maximum atomic E-state index is 12.3. The number of hydrogen-bond acceptors (Lipinski definition) is 5. The van der Waals surface area contributed by atoms with Crippen molar-refractivity contribution in [2.24, 2.45) is 0 Å². The Balaban J connectivity index is 1.24. The molecule has 0 bridgehead atoms. The number of likely N-dealkylation sites (tertiary alicyclic amines) is 1. The zero-order chi connectivity index (χ0) is 21.0.